The molecule has 0 fully saturated rings. The first-order chi connectivity index (χ1) is 9.54. The average Bonchev–Trinajstić information content (AvgIpc) is 2.83. The van der Waals surface area contributed by atoms with Crippen LogP contribution in [0.15, 0.2) is 43.7 Å². The van der Waals surface area contributed by atoms with Gasteiger partial charge in [0, 0.05) is 25.4 Å². The van der Waals surface area contributed by atoms with Crippen molar-refractivity contribution in [1.82, 2.24) is 0 Å². The fourth-order valence-corrected chi connectivity index (χ4v) is 4.32. The van der Waals surface area contributed by atoms with Gasteiger partial charge in [-0.2, -0.15) is 0 Å². The van der Waals surface area contributed by atoms with E-state index in [9.17, 15) is 0 Å². The third-order valence-electron chi connectivity index (χ3n) is 3.36. The summed E-state index contributed by atoms with van der Waals surface area (Å²) in [5.74, 6) is 0.941. The highest BCUT2D eigenvalue weighted by Gasteiger charge is 2.22. The Morgan fingerprint density at radius 3 is 2.30 bits per heavy atom. The molecule has 0 aromatic heterocycles. The van der Waals surface area contributed by atoms with Gasteiger partial charge in [-0.3, -0.25) is 0 Å². The summed E-state index contributed by atoms with van der Waals surface area (Å²) in [4.78, 5) is 0. The van der Waals surface area contributed by atoms with Crippen molar-refractivity contribution in [2.45, 2.75) is 12.5 Å². The van der Waals surface area contributed by atoms with E-state index in [-0.39, 0.29) is 6.04 Å². The van der Waals surface area contributed by atoms with Crippen molar-refractivity contribution in [3.8, 4) is 5.75 Å². The van der Waals surface area contributed by atoms with Crippen LogP contribution in [0.3, 0.4) is 0 Å². The molecule has 0 saturated carbocycles. The highest BCUT2D eigenvalue weighted by molar-refractivity contribution is 9.11. The van der Waals surface area contributed by atoms with Crippen LogP contribution in [0.1, 0.15) is 22.7 Å². The summed E-state index contributed by atoms with van der Waals surface area (Å²) >= 11 is 10.6. The molecule has 20 heavy (non-hydrogen) atoms. The number of rotatable bonds is 2. The van der Waals surface area contributed by atoms with Gasteiger partial charge in [0.15, 0.2) is 0 Å². The second kappa shape index (κ2) is 5.79. The molecule has 0 aliphatic carbocycles. The zero-order chi connectivity index (χ0) is 14.3. The molecule has 104 valence electrons. The minimum atomic E-state index is -0.215. The summed E-state index contributed by atoms with van der Waals surface area (Å²) in [6, 6.07) is 10.0. The van der Waals surface area contributed by atoms with Crippen LogP contribution >= 0.6 is 47.8 Å². The van der Waals surface area contributed by atoms with E-state index in [0.29, 0.717) is 0 Å². The van der Waals surface area contributed by atoms with Crippen LogP contribution in [-0.2, 0) is 6.42 Å². The Morgan fingerprint density at radius 2 is 1.60 bits per heavy atom. The van der Waals surface area contributed by atoms with Crippen molar-refractivity contribution in [2.75, 3.05) is 6.61 Å². The van der Waals surface area contributed by atoms with E-state index in [1.165, 1.54) is 5.56 Å². The SMILES string of the molecule is NC(c1cc(Br)cc(Br)c1)c1cc(Br)cc2c1OCC2. The summed E-state index contributed by atoms with van der Waals surface area (Å²) in [6.45, 7) is 0.730. The molecule has 1 heterocycles. The van der Waals surface area contributed by atoms with Gasteiger partial charge in [0.1, 0.15) is 5.75 Å². The lowest BCUT2D eigenvalue weighted by Gasteiger charge is -2.17. The van der Waals surface area contributed by atoms with Crippen LogP contribution in [-0.4, -0.2) is 6.61 Å². The zero-order valence-electron chi connectivity index (χ0n) is 10.5. The molecule has 0 amide bonds. The molecule has 2 N–H and O–H groups in total. The van der Waals surface area contributed by atoms with Crippen LogP contribution in [0, 0.1) is 0 Å². The van der Waals surface area contributed by atoms with E-state index in [1.54, 1.807) is 0 Å². The molecule has 0 bridgehead atoms. The average molecular weight is 462 g/mol. The summed E-state index contributed by atoms with van der Waals surface area (Å²) in [6.07, 6.45) is 0.941. The van der Waals surface area contributed by atoms with Gasteiger partial charge in [-0.25, -0.2) is 0 Å². The number of benzene rings is 2. The Morgan fingerprint density at radius 1 is 0.950 bits per heavy atom. The van der Waals surface area contributed by atoms with Gasteiger partial charge >= 0.3 is 0 Å². The van der Waals surface area contributed by atoms with Crippen molar-refractivity contribution in [1.29, 1.82) is 0 Å². The lowest BCUT2D eigenvalue weighted by molar-refractivity contribution is 0.352. The van der Waals surface area contributed by atoms with E-state index >= 15 is 0 Å². The summed E-state index contributed by atoms with van der Waals surface area (Å²) in [5, 5.41) is 0. The molecular weight excluding hydrogens is 450 g/mol. The van der Waals surface area contributed by atoms with Crippen molar-refractivity contribution in [3.05, 3.63) is 60.4 Å². The second-order valence-corrected chi connectivity index (χ2v) is 7.51. The minimum Gasteiger partial charge on any atom is -0.493 e. The van der Waals surface area contributed by atoms with Gasteiger partial charge in [0.25, 0.3) is 0 Å². The molecule has 1 atom stereocenters. The normalized spacial score (nSPS) is 14.8. The van der Waals surface area contributed by atoms with E-state index in [2.05, 4.69) is 53.9 Å². The predicted molar refractivity (Wildman–Crippen MR) is 91.2 cm³/mol. The van der Waals surface area contributed by atoms with E-state index < -0.39 is 0 Å². The molecule has 5 heteroatoms. The molecule has 2 nitrogen and oxygen atoms in total. The second-order valence-electron chi connectivity index (χ2n) is 4.76. The molecule has 2 aromatic carbocycles. The molecule has 1 unspecified atom stereocenters. The maximum Gasteiger partial charge on any atom is 0.127 e. The molecule has 3 rings (SSSR count). The number of hydrogen-bond donors (Lipinski definition) is 1. The van der Waals surface area contributed by atoms with Crippen LogP contribution in [0.2, 0.25) is 0 Å². The first kappa shape index (κ1) is 14.6. The van der Waals surface area contributed by atoms with E-state index in [1.807, 2.05) is 24.3 Å². The topological polar surface area (TPSA) is 35.2 Å². The summed E-state index contributed by atoms with van der Waals surface area (Å²) in [5.41, 5.74) is 9.74. The molecular formula is C15H12Br3NO. The van der Waals surface area contributed by atoms with Gasteiger partial charge in [-0.15, -0.1) is 0 Å². The first-order valence-electron chi connectivity index (χ1n) is 6.21. The fourth-order valence-electron chi connectivity index (χ4n) is 2.46. The van der Waals surface area contributed by atoms with E-state index in [4.69, 9.17) is 10.5 Å². The van der Waals surface area contributed by atoms with Gasteiger partial charge < -0.3 is 10.5 Å². The number of hydrogen-bond acceptors (Lipinski definition) is 2. The Kier molecular flexibility index (Phi) is 4.22. The fraction of sp³-hybridized carbons (Fsp3) is 0.200. The standard InChI is InChI=1S/C15H12Br3NO/c16-10-4-9(5-11(17)6-10)14(19)13-7-12(18)3-8-1-2-20-15(8)13/h3-7,14H,1-2,19H2. The van der Waals surface area contributed by atoms with Crippen molar-refractivity contribution in [2.24, 2.45) is 5.73 Å². The summed E-state index contributed by atoms with van der Waals surface area (Å²) < 4.78 is 8.82. The highest BCUT2D eigenvalue weighted by atomic mass is 79.9. The van der Waals surface area contributed by atoms with Crippen LogP contribution < -0.4 is 10.5 Å². The molecule has 1 aliphatic heterocycles. The Labute approximate surface area is 143 Å². The quantitative estimate of drug-likeness (QED) is 0.686. The lowest BCUT2D eigenvalue weighted by Crippen LogP contribution is -2.13. The maximum absolute atomic E-state index is 6.45. The monoisotopic (exact) mass is 459 g/mol. The third-order valence-corrected chi connectivity index (χ3v) is 4.73. The Hall–Kier alpha value is -0.360. The van der Waals surface area contributed by atoms with Gasteiger partial charge in [-0.05, 0) is 41.5 Å². The number of ether oxygens (including phenoxy) is 1. The minimum absolute atomic E-state index is 0.215. The number of fused-ring (bicyclic) bond motifs is 1. The van der Waals surface area contributed by atoms with Crippen LogP contribution in [0.4, 0.5) is 0 Å². The first-order valence-corrected chi connectivity index (χ1v) is 8.59. The lowest BCUT2D eigenvalue weighted by atomic mass is 9.97. The van der Waals surface area contributed by atoms with E-state index in [0.717, 1.165) is 43.3 Å². The summed E-state index contributed by atoms with van der Waals surface area (Å²) in [7, 11) is 0. The molecule has 1 aliphatic rings. The predicted octanol–water partition coefficient (Wildman–Crippen LogP) is 4.96. The van der Waals surface area contributed by atoms with Crippen molar-refractivity contribution >= 4 is 47.8 Å². The number of halogens is 3. The molecule has 0 saturated heterocycles. The van der Waals surface area contributed by atoms with Gasteiger partial charge in [-0.1, -0.05) is 47.8 Å². The Balaban J connectivity index is 2.08. The zero-order valence-corrected chi connectivity index (χ0v) is 15.3. The van der Waals surface area contributed by atoms with Gasteiger partial charge in [0.2, 0.25) is 0 Å². The smallest absolute Gasteiger partial charge is 0.127 e. The molecule has 0 spiro atoms. The Bertz CT molecular complexity index is 652. The number of nitrogens with two attached hydrogens (primary N) is 1. The van der Waals surface area contributed by atoms with Crippen molar-refractivity contribution < 1.29 is 4.74 Å². The molecule has 2 aromatic rings. The van der Waals surface area contributed by atoms with Crippen molar-refractivity contribution in [3.63, 3.8) is 0 Å². The maximum atomic E-state index is 6.45. The largest absolute Gasteiger partial charge is 0.493 e. The van der Waals surface area contributed by atoms with Crippen LogP contribution in [0.5, 0.6) is 5.75 Å². The third kappa shape index (κ3) is 2.82. The van der Waals surface area contributed by atoms with Gasteiger partial charge in [0.05, 0.1) is 12.6 Å². The molecule has 0 radical (unpaired) electrons. The van der Waals surface area contributed by atoms with Crippen LogP contribution in [0.25, 0.3) is 0 Å². The highest BCUT2D eigenvalue weighted by Crippen LogP contribution is 2.38.